The van der Waals surface area contributed by atoms with Crippen LogP contribution in [0.4, 0.5) is 5.69 Å². The molecule has 0 fully saturated rings. The quantitative estimate of drug-likeness (QED) is 0.654. The fourth-order valence-corrected chi connectivity index (χ4v) is 2.92. The molecule has 1 aromatic carbocycles. The van der Waals surface area contributed by atoms with Gasteiger partial charge in [-0.05, 0) is 30.3 Å². The highest BCUT2D eigenvalue weighted by molar-refractivity contribution is 9.10. The van der Waals surface area contributed by atoms with Gasteiger partial charge in [-0.1, -0.05) is 22.9 Å². The zero-order valence-corrected chi connectivity index (χ0v) is 12.9. The van der Waals surface area contributed by atoms with Crippen molar-refractivity contribution in [2.45, 2.75) is 29.9 Å². The number of nitro groups is 1. The molecule has 1 heterocycles. The van der Waals surface area contributed by atoms with Crippen molar-refractivity contribution in [3.8, 4) is 0 Å². The highest BCUT2D eigenvalue weighted by Gasteiger charge is 2.18. The summed E-state index contributed by atoms with van der Waals surface area (Å²) in [6.45, 7) is 2.46. The Morgan fingerprint density at radius 2 is 2.30 bits per heavy atom. The molecule has 2 rings (SSSR count). The van der Waals surface area contributed by atoms with Gasteiger partial charge >= 0.3 is 5.69 Å². The number of nitro benzene ring substituents is 1. The van der Waals surface area contributed by atoms with E-state index < -0.39 is 4.92 Å². The molecule has 0 amide bonds. The van der Waals surface area contributed by atoms with Gasteiger partial charge < -0.3 is 0 Å². The third kappa shape index (κ3) is 3.10. The third-order valence-electron chi connectivity index (χ3n) is 2.49. The van der Waals surface area contributed by atoms with Crippen molar-refractivity contribution in [3.05, 3.63) is 43.3 Å². The summed E-state index contributed by atoms with van der Waals surface area (Å²) in [6, 6.07) is 4.77. The molecule has 0 atom stereocenters. The maximum atomic E-state index is 11.6. The van der Waals surface area contributed by atoms with E-state index in [4.69, 9.17) is 0 Å². The molecule has 0 spiro atoms. The fourth-order valence-electron chi connectivity index (χ4n) is 1.62. The van der Waals surface area contributed by atoms with Gasteiger partial charge in [-0.2, -0.15) is 0 Å². The molecule has 0 aliphatic rings. The predicted molar refractivity (Wildman–Crippen MR) is 78.1 cm³/mol. The zero-order chi connectivity index (χ0) is 14.7. The topological polar surface area (TPSA) is 93.8 Å². The molecular formula is C11H11BrN4O3S. The first-order chi connectivity index (χ1) is 9.52. The van der Waals surface area contributed by atoms with E-state index in [1.54, 1.807) is 12.1 Å². The number of aromatic amines is 1. The molecule has 9 heteroatoms. The van der Waals surface area contributed by atoms with E-state index >= 15 is 0 Å². The zero-order valence-electron chi connectivity index (χ0n) is 10.5. The van der Waals surface area contributed by atoms with Gasteiger partial charge in [0, 0.05) is 17.1 Å². The second-order valence-electron chi connectivity index (χ2n) is 3.93. The van der Waals surface area contributed by atoms with E-state index in [0.29, 0.717) is 21.1 Å². The van der Waals surface area contributed by atoms with E-state index in [9.17, 15) is 14.9 Å². The number of aromatic nitrogens is 3. The van der Waals surface area contributed by atoms with Crippen LogP contribution in [0.1, 0.15) is 13.3 Å². The van der Waals surface area contributed by atoms with E-state index in [1.807, 2.05) is 6.92 Å². The van der Waals surface area contributed by atoms with Crippen molar-refractivity contribution in [1.82, 2.24) is 14.8 Å². The molecule has 106 valence electrons. The monoisotopic (exact) mass is 358 g/mol. The SMILES string of the molecule is CCCn1c(Sc2ccc(Br)cc2[N+](=O)[O-])n[nH]c1=O. The highest BCUT2D eigenvalue weighted by atomic mass is 79.9. The number of nitrogens with one attached hydrogen (secondary N) is 1. The molecule has 0 unspecified atom stereocenters. The largest absolute Gasteiger partial charge is 0.343 e. The van der Waals surface area contributed by atoms with Crippen LogP contribution < -0.4 is 5.69 Å². The first-order valence-electron chi connectivity index (χ1n) is 5.80. The van der Waals surface area contributed by atoms with Crippen LogP contribution in [0.2, 0.25) is 0 Å². The Morgan fingerprint density at radius 1 is 1.55 bits per heavy atom. The lowest BCUT2D eigenvalue weighted by Gasteiger charge is -2.04. The fraction of sp³-hybridized carbons (Fsp3) is 0.273. The highest BCUT2D eigenvalue weighted by Crippen LogP contribution is 2.35. The Morgan fingerprint density at radius 3 is 2.95 bits per heavy atom. The van der Waals surface area contributed by atoms with Gasteiger partial charge in [0.15, 0.2) is 5.16 Å². The lowest BCUT2D eigenvalue weighted by atomic mass is 10.3. The molecule has 7 nitrogen and oxygen atoms in total. The van der Waals surface area contributed by atoms with Gasteiger partial charge in [-0.3, -0.25) is 14.7 Å². The average Bonchev–Trinajstić information content (AvgIpc) is 2.74. The molecule has 1 N–H and O–H groups in total. The van der Waals surface area contributed by atoms with Gasteiger partial charge in [-0.15, -0.1) is 5.10 Å². The Labute approximate surface area is 126 Å². The van der Waals surface area contributed by atoms with E-state index in [1.165, 1.54) is 10.6 Å². The van der Waals surface area contributed by atoms with Crippen molar-refractivity contribution in [1.29, 1.82) is 0 Å². The lowest BCUT2D eigenvalue weighted by Crippen LogP contribution is -2.17. The number of nitrogens with zero attached hydrogens (tertiary/aromatic N) is 3. The summed E-state index contributed by atoms with van der Waals surface area (Å²) in [6.07, 6.45) is 0.773. The maximum Gasteiger partial charge on any atom is 0.343 e. The van der Waals surface area contributed by atoms with E-state index in [0.717, 1.165) is 18.2 Å². The van der Waals surface area contributed by atoms with Crippen molar-refractivity contribution < 1.29 is 4.92 Å². The Bertz CT molecular complexity index is 697. The summed E-state index contributed by atoms with van der Waals surface area (Å²) in [7, 11) is 0. The minimum atomic E-state index is -0.456. The second-order valence-corrected chi connectivity index (χ2v) is 5.86. The molecular weight excluding hydrogens is 348 g/mol. The molecule has 0 radical (unpaired) electrons. The molecule has 1 aromatic heterocycles. The minimum absolute atomic E-state index is 0.0251. The van der Waals surface area contributed by atoms with Crippen molar-refractivity contribution in [2.75, 3.05) is 0 Å². The molecule has 0 bridgehead atoms. The van der Waals surface area contributed by atoms with Gasteiger partial charge in [0.2, 0.25) is 0 Å². The Balaban J connectivity index is 2.40. The van der Waals surface area contributed by atoms with Crippen LogP contribution in [-0.4, -0.2) is 19.7 Å². The molecule has 0 saturated carbocycles. The lowest BCUT2D eigenvalue weighted by molar-refractivity contribution is -0.387. The van der Waals surface area contributed by atoms with Crippen LogP contribution in [-0.2, 0) is 6.54 Å². The second kappa shape index (κ2) is 6.23. The van der Waals surface area contributed by atoms with Crippen LogP contribution in [0.25, 0.3) is 0 Å². The van der Waals surface area contributed by atoms with Crippen molar-refractivity contribution >= 4 is 33.4 Å². The van der Waals surface area contributed by atoms with Gasteiger partial charge in [-0.25, -0.2) is 9.89 Å². The first-order valence-corrected chi connectivity index (χ1v) is 7.41. The molecule has 20 heavy (non-hydrogen) atoms. The Hall–Kier alpha value is -1.61. The Kier molecular flexibility index (Phi) is 4.61. The summed E-state index contributed by atoms with van der Waals surface area (Å²) in [5, 5.41) is 17.7. The van der Waals surface area contributed by atoms with Gasteiger partial charge in [0.05, 0.1) is 9.82 Å². The summed E-state index contributed by atoms with van der Waals surface area (Å²) in [5.41, 5.74) is -0.336. The standard InChI is InChI=1S/C11H11BrN4O3S/c1-2-5-15-10(17)13-14-11(15)20-9-4-3-7(12)6-8(9)16(18)19/h3-4,6H,2,5H2,1H3,(H,13,17). The summed E-state index contributed by atoms with van der Waals surface area (Å²) < 4.78 is 2.10. The number of hydrogen-bond donors (Lipinski definition) is 1. The van der Waals surface area contributed by atoms with E-state index in [-0.39, 0.29) is 11.4 Å². The molecule has 0 aliphatic heterocycles. The summed E-state index contributed by atoms with van der Waals surface area (Å²) in [5.74, 6) is 0. The predicted octanol–water partition coefficient (Wildman–Crippen LogP) is 2.80. The number of hydrogen-bond acceptors (Lipinski definition) is 5. The van der Waals surface area contributed by atoms with Gasteiger partial charge in [0.25, 0.3) is 5.69 Å². The maximum absolute atomic E-state index is 11.6. The van der Waals surface area contributed by atoms with Crippen LogP contribution in [0.5, 0.6) is 0 Å². The van der Waals surface area contributed by atoms with Crippen LogP contribution in [0.15, 0.2) is 37.5 Å². The smallest absolute Gasteiger partial charge is 0.270 e. The summed E-state index contributed by atoms with van der Waals surface area (Å²) in [4.78, 5) is 22.6. The van der Waals surface area contributed by atoms with Crippen molar-refractivity contribution in [2.24, 2.45) is 0 Å². The summed E-state index contributed by atoms with van der Waals surface area (Å²) >= 11 is 4.30. The van der Waals surface area contributed by atoms with Crippen LogP contribution in [0.3, 0.4) is 0 Å². The average molecular weight is 359 g/mol. The van der Waals surface area contributed by atoms with Crippen molar-refractivity contribution in [3.63, 3.8) is 0 Å². The van der Waals surface area contributed by atoms with Crippen LogP contribution >= 0.6 is 27.7 Å². The molecule has 0 saturated heterocycles. The number of H-pyrrole nitrogens is 1. The van der Waals surface area contributed by atoms with Gasteiger partial charge in [0.1, 0.15) is 0 Å². The minimum Gasteiger partial charge on any atom is -0.270 e. The molecule has 0 aliphatic carbocycles. The normalized spacial score (nSPS) is 10.7. The number of rotatable bonds is 5. The number of benzene rings is 1. The number of halogens is 1. The first kappa shape index (κ1) is 14.8. The third-order valence-corrected chi connectivity index (χ3v) is 4.04. The van der Waals surface area contributed by atoms with Crippen LogP contribution in [0, 0.1) is 10.1 Å². The van der Waals surface area contributed by atoms with E-state index in [2.05, 4.69) is 26.1 Å². The molecule has 2 aromatic rings.